The van der Waals surface area contributed by atoms with Crippen LogP contribution in [0.15, 0.2) is 0 Å². The first-order chi connectivity index (χ1) is 8.99. The van der Waals surface area contributed by atoms with Crippen molar-refractivity contribution in [2.75, 3.05) is 37.4 Å². The molecule has 0 radical (unpaired) electrons. The topological polar surface area (TPSA) is 122 Å². The van der Waals surface area contributed by atoms with E-state index in [0.717, 1.165) is 13.1 Å². The molecule has 9 heteroatoms. The smallest absolute Gasteiger partial charge is 0.332 e. The fourth-order valence-corrected chi connectivity index (χ4v) is 1.50. The van der Waals surface area contributed by atoms with Gasteiger partial charge in [0.05, 0.1) is 4.92 Å². The van der Waals surface area contributed by atoms with Crippen LogP contribution in [-0.2, 0) is 0 Å². The Morgan fingerprint density at radius 1 is 1.47 bits per heavy atom. The first-order valence-corrected chi connectivity index (χ1v) is 5.91. The highest BCUT2D eigenvalue weighted by Gasteiger charge is 2.21. The molecule has 0 fully saturated rings. The number of nitrogens with two attached hydrogens (primary N) is 1. The quantitative estimate of drug-likeness (QED) is 0.368. The SMILES string of the molecule is CCN(C)CCNc1nc(NN)nc(C)c1[N+](=O)[O-]. The normalized spacial score (nSPS) is 10.6. The highest BCUT2D eigenvalue weighted by atomic mass is 16.6. The highest BCUT2D eigenvalue weighted by Crippen LogP contribution is 2.25. The van der Waals surface area contributed by atoms with Crippen LogP contribution in [-0.4, -0.2) is 46.5 Å². The van der Waals surface area contributed by atoms with Crippen molar-refractivity contribution in [3.8, 4) is 0 Å². The molecule has 0 aromatic carbocycles. The number of hydrogen-bond acceptors (Lipinski definition) is 8. The van der Waals surface area contributed by atoms with Gasteiger partial charge in [-0.25, -0.2) is 10.8 Å². The summed E-state index contributed by atoms with van der Waals surface area (Å²) in [6.07, 6.45) is 0. The Labute approximate surface area is 111 Å². The maximum atomic E-state index is 11.0. The first-order valence-electron chi connectivity index (χ1n) is 5.91. The second-order valence-corrected chi connectivity index (χ2v) is 4.05. The van der Waals surface area contributed by atoms with Crippen LogP contribution in [0.5, 0.6) is 0 Å². The molecule has 0 spiro atoms. The molecule has 106 valence electrons. The van der Waals surface area contributed by atoms with E-state index in [1.807, 2.05) is 14.0 Å². The number of anilines is 2. The lowest BCUT2D eigenvalue weighted by molar-refractivity contribution is -0.385. The molecule has 0 aliphatic rings. The number of nitrogens with one attached hydrogen (secondary N) is 2. The van der Waals surface area contributed by atoms with Gasteiger partial charge in [-0.15, -0.1) is 0 Å². The number of nitro groups is 1. The fraction of sp³-hybridized carbons (Fsp3) is 0.600. The van der Waals surface area contributed by atoms with Gasteiger partial charge in [-0.3, -0.25) is 15.5 Å². The minimum absolute atomic E-state index is 0.127. The van der Waals surface area contributed by atoms with Crippen LogP contribution in [0.2, 0.25) is 0 Å². The summed E-state index contributed by atoms with van der Waals surface area (Å²) in [4.78, 5) is 20.5. The van der Waals surface area contributed by atoms with E-state index in [1.165, 1.54) is 0 Å². The first kappa shape index (κ1) is 15.1. The van der Waals surface area contributed by atoms with Crippen LogP contribution in [0.4, 0.5) is 17.5 Å². The van der Waals surface area contributed by atoms with E-state index in [-0.39, 0.29) is 23.1 Å². The molecule has 0 unspecified atom stereocenters. The van der Waals surface area contributed by atoms with Gasteiger partial charge >= 0.3 is 5.69 Å². The molecule has 1 rings (SSSR count). The number of rotatable bonds is 7. The van der Waals surface area contributed by atoms with Gasteiger partial charge in [-0.2, -0.15) is 4.98 Å². The number of aromatic nitrogens is 2. The molecule has 0 aliphatic heterocycles. The molecule has 0 saturated carbocycles. The fourth-order valence-electron chi connectivity index (χ4n) is 1.50. The largest absolute Gasteiger partial charge is 0.363 e. The number of nitrogens with zero attached hydrogens (tertiary/aromatic N) is 4. The Kier molecular flexibility index (Phi) is 5.39. The van der Waals surface area contributed by atoms with Crippen molar-refractivity contribution in [1.29, 1.82) is 0 Å². The summed E-state index contributed by atoms with van der Waals surface area (Å²) in [7, 11) is 1.97. The summed E-state index contributed by atoms with van der Waals surface area (Å²) >= 11 is 0. The van der Waals surface area contributed by atoms with Crippen molar-refractivity contribution < 1.29 is 4.92 Å². The number of nitrogen functional groups attached to an aromatic ring is 1. The zero-order valence-corrected chi connectivity index (χ0v) is 11.3. The third-order valence-electron chi connectivity index (χ3n) is 2.70. The van der Waals surface area contributed by atoms with Gasteiger partial charge < -0.3 is 10.2 Å². The molecule has 1 aromatic heterocycles. The van der Waals surface area contributed by atoms with E-state index in [4.69, 9.17) is 5.84 Å². The third kappa shape index (κ3) is 4.00. The molecule has 19 heavy (non-hydrogen) atoms. The van der Waals surface area contributed by atoms with Gasteiger partial charge in [0, 0.05) is 13.1 Å². The Bertz CT molecular complexity index is 452. The van der Waals surface area contributed by atoms with Crippen molar-refractivity contribution >= 4 is 17.5 Å². The lowest BCUT2D eigenvalue weighted by Gasteiger charge is -2.14. The van der Waals surface area contributed by atoms with E-state index in [0.29, 0.717) is 6.54 Å². The summed E-state index contributed by atoms with van der Waals surface area (Å²) in [5.41, 5.74) is 2.43. The predicted octanol–water partition coefficient (Wildman–Crippen LogP) is 0.342. The Morgan fingerprint density at radius 2 is 2.16 bits per heavy atom. The zero-order chi connectivity index (χ0) is 14.4. The summed E-state index contributed by atoms with van der Waals surface area (Å²) in [6, 6.07) is 0. The van der Waals surface area contributed by atoms with Crippen LogP contribution < -0.4 is 16.6 Å². The summed E-state index contributed by atoms with van der Waals surface area (Å²) in [5.74, 6) is 5.55. The predicted molar refractivity (Wildman–Crippen MR) is 72.9 cm³/mol. The number of likely N-dealkylation sites (N-methyl/N-ethyl adjacent to an activating group) is 1. The monoisotopic (exact) mass is 269 g/mol. The van der Waals surface area contributed by atoms with E-state index in [2.05, 4.69) is 25.6 Å². The molecule has 0 amide bonds. The van der Waals surface area contributed by atoms with Gasteiger partial charge in [-0.1, -0.05) is 6.92 Å². The van der Waals surface area contributed by atoms with Gasteiger partial charge in [0.25, 0.3) is 0 Å². The van der Waals surface area contributed by atoms with Gasteiger partial charge in [-0.05, 0) is 20.5 Å². The lowest BCUT2D eigenvalue weighted by atomic mass is 10.3. The lowest BCUT2D eigenvalue weighted by Crippen LogP contribution is -2.25. The second kappa shape index (κ2) is 6.81. The molecule has 9 nitrogen and oxygen atoms in total. The summed E-state index contributed by atoms with van der Waals surface area (Å²) in [6.45, 7) is 5.79. The van der Waals surface area contributed by atoms with Gasteiger partial charge in [0.15, 0.2) is 0 Å². The minimum atomic E-state index is -0.499. The number of hydrazine groups is 1. The van der Waals surface area contributed by atoms with Crippen molar-refractivity contribution in [1.82, 2.24) is 14.9 Å². The van der Waals surface area contributed by atoms with Crippen LogP contribution in [0.1, 0.15) is 12.6 Å². The minimum Gasteiger partial charge on any atom is -0.363 e. The molecule has 4 N–H and O–H groups in total. The van der Waals surface area contributed by atoms with Crippen molar-refractivity contribution in [2.45, 2.75) is 13.8 Å². The van der Waals surface area contributed by atoms with E-state index >= 15 is 0 Å². The van der Waals surface area contributed by atoms with Crippen LogP contribution >= 0.6 is 0 Å². The van der Waals surface area contributed by atoms with E-state index < -0.39 is 4.92 Å². The Morgan fingerprint density at radius 3 is 2.68 bits per heavy atom. The summed E-state index contributed by atoms with van der Waals surface area (Å²) in [5, 5.41) is 14.0. The van der Waals surface area contributed by atoms with Gasteiger partial charge in [0.2, 0.25) is 11.8 Å². The van der Waals surface area contributed by atoms with Crippen LogP contribution in [0.3, 0.4) is 0 Å². The van der Waals surface area contributed by atoms with Crippen LogP contribution in [0, 0.1) is 17.0 Å². The van der Waals surface area contributed by atoms with Crippen LogP contribution in [0.25, 0.3) is 0 Å². The van der Waals surface area contributed by atoms with Crippen molar-refractivity contribution in [2.24, 2.45) is 5.84 Å². The van der Waals surface area contributed by atoms with Crippen molar-refractivity contribution in [3.63, 3.8) is 0 Å². The summed E-state index contributed by atoms with van der Waals surface area (Å²) < 4.78 is 0. The maximum absolute atomic E-state index is 11.0. The second-order valence-electron chi connectivity index (χ2n) is 4.05. The van der Waals surface area contributed by atoms with Crippen molar-refractivity contribution in [3.05, 3.63) is 15.8 Å². The molecule has 1 heterocycles. The van der Waals surface area contributed by atoms with E-state index in [9.17, 15) is 10.1 Å². The average molecular weight is 269 g/mol. The molecule has 0 bridgehead atoms. The molecule has 0 aliphatic carbocycles. The number of hydrogen-bond donors (Lipinski definition) is 3. The number of aryl methyl sites for hydroxylation is 1. The standard InChI is InChI=1S/C10H19N7O2/c1-4-16(3)6-5-12-9-8(17(18)19)7(2)13-10(14-9)15-11/h4-6,11H2,1-3H3,(H2,12,13,14,15). The molecular formula is C10H19N7O2. The maximum Gasteiger partial charge on any atom is 0.332 e. The average Bonchev–Trinajstić information content (AvgIpc) is 2.37. The molecule has 0 saturated heterocycles. The van der Waals surface area contributed by atoms with Gasteiger partial charge in [0.1, 0.15) is 5.69 Å². The molecular weight excluding hydrogens is 250 g/mol. The third-order valence-corrected chi connectivity index (χ3v) is 2.70. The zero-order valence-electron chi connectivity index (χ0n) is 11.3. The Balaban J connectivity index is 2.90. The van der Waals surface area contributed by atoms with E-state index in [1.54, 1.807) is 6.92 Å². The molecule has 0 atom stereocenters. The Hall–Kier alpha value is -2.00. The highest BCUT2D eigenvalue weighted by molar-refractivity contribution is 5.60. The molecule has 1 aromatic rings.